The van der Waals surface area contributed by atoms with Gasteiger partial charge in [-0.25, -0.2) is 13.1 Å². The summed E-state index contributed by atoms with van der Waals surface area (Å²) in [4.78, 5) is 0.0589. The second-order valence-corrected chi connectivity index (χ2v) is 10.6. The maximum atomic E-state index is 13.5. The average molecular weight is 545 g/mol. The first-order valence-electron chi connectivity index (χ1n) is 10.7. The van der Waals surface area contributed by atoms with Crippen molar-refractivity contribution in [3.05, 3.63) is 100 Å². The summed E-state index contributed by atoms with van der Waals surface area (Å²) in [6, 6.07) is 17.7. The second-order valence-electron chi connectivity index (χ2n) is 8.02. The van der Waals surface area contributed by atoms with Gasteiger partial charge in [0.05, 0.1) is 10.9 Å². The molecule has 4 rings (SSSR count). The molecule has 3 aromatic carbocycles. The van der Waals surface area contributed by atoms with Gasteiger partial charge in [-0.3, -0.25) is 0 Å². The Morgan fingerprint density at radius 3 is 2.61 bits per heavy atom. The van der Waals surface area contributed by atoms with E-state index in [2.05, 4.69) is 20.1 Å². The highest BCUT2D eigenvalue weighted by molar-refractivity contribution is 7.89. The zero-order valence-corrected chi connectivity index (χ0v) is 21.3. The van der Waals surface area contributed by atoms with E-state index in [4.69, 9.17) is 34.1 Å². The lowest BCUT2D eigenvalue weighted by Crippen LogP contribution is -2.32. The molecule has 9 nitrogen and oxygen atoms in total. The Kier molecular flexibility index (Phi) is 7.60. The zero-order chi connectivity index (χ0) is 25.9. The van der Waals surface area contributed by atoms with Crippen molar-refractivity contribution in [3.63, 3.8) is 0 Å². The summed E-state index contributed by atoms with van der Waals surface area (Å²) in [5, 5.41) is 20.9. The molecular formula is C24H22Cl2N6O3S. The second kappa shape index (κ2) is 10.7. The van der Waals surface area contributed by atoms with E-state index in [1.54, 1.807) is 66.2 Å². The van der Waals surface area contributed by atoms with E-state index in [9.17, 15) is 8.42 Å². The number of nitrogens with zero attached hydrogens (tertiary/aromatic N) is 4. The largest absolute Gasteiger partial charge is 0.409 e. The van der Waals surface area contributed by atoms with E-state index < -0.39 is 16.1 Å². The van der Waals surface area contributed by atoms with Gasteiger partial charge in [-0.1, -0.05) is 64.8 Å². The summed E-state index contributed by atoms with van der Waals surface area (Å²) >= 11 is 12.3. The number of aryl methyl sites for hydroxylation is 1. The first kappa shape index (κ1) is 25.6. The Bertz CT molecular complexity index is 1540. The maximum Gasteiger partial charge on any atom is 0.241 e. The Balaban J connectivity index is 1.68. The van der Waals surface area contributed by atoms with Crippen molar-refractivity contribution in [2.24, 2.45) is 17.9 Å². The third kappa shape index (κ3) is 5.68. The van der Waals surface area contributed by atoms with Gasteiger partial charge in [-0.15, -0.1) is 10.2 Å². The van der Waals surface area contributed by atoms with E-state index in [1.807, 2.05) is 6.07 Å². The maximum absolute atomic E-state index is 13.5. The Morgan fingerprint density at radius 1 is 1.14 bits per heavy atom. The number of nitrogens with two attached hydrogens (primary N) is 1. The van der Waals surface area contributed by atoms with E-state index in [0.29, 0.717) is 32.6 Å². The minimum absolute atomic E-state index is 0.0506. The molecule has 12 heteroatoms. The molecule has 186 valence electrons. The van der Waals surface area contributed by atoms with E-state index in [0.717, 1.165) is 5.56 Å². The lowest BCUT2D eigenvalue weighted by Gasteiger charge is -2.19. The van der Waals surface area contributed by atoms with Crippen LogP contribution in [-0.2, 0) is 23.5 Å². The first-order valence-corrected chi connectivity index (χ1v) is 12.9. The number of hydrogen-bond acceptors (Lipinski definition) is 6. The van der Waals surface area contributed by atoms with Crippen LogP contribution in [0, 0.1) is 0 Å². The van der Waals surface area contributed by atoms with Crippen molar-refractivity contribution in [3.8, 4) is 11.1 Å². The van der Waals surface area contributed by atoms with Gasteiger partial charge in [0, 0.05) is 28.2 Å². The molecule has 0 radical (unpaired) electrons. The molecule has 0 aliphatic heterocycles. The van der Waals surface area contributed by atoms with Crippen LogP contribution in [0.4, 0.5) is 0 Å². The molecule has 0 saturated heterocycles. The molecule has 4 aromatic rings. The standard InChI is InChI=1S/C24H22Cl2N6O3S/c1-32-14-28-29-24(32)22(11-15-4-2-6-17(10-15)23(27)30-33)31-36(34,35)19-7-3-5-16(12-19)20-9-8-18(25)13-21(20)26/h2-10,12-14,22,31,33H,11H2,1H3,(H2,27,30)/t22-/m0/s1. The Morgan fingerprint density at radius 2 is 1.92 bits per heavy atom. The van der Waals surface area contributed by atoms with Gasteiger partial charge in [0.1, 0.15) is 6.33 Å². The molecule has 0 saturated carbocycles. The number of amidine groups is 1. The molecule has 0 spiro atoms. The van der Waals surface area contributed by atoms with Crippen LogP contribution in [-0.4, -0.2) is 34.2 Å². The lowest BCUT2D eigenvalue weighted by molar-refractivity contribution is 0.318. The highest BCUT2D eigenvalue weighted by Crippen LogP contribution is 2.32. The highest BCUT2D eigenvalue weighted by Gasteiger charge is 2.26. The molecule has 0 fully saturated rings. The summed E-state index contributed by atoms with van der Waals surface area (Å²) < 4.78 is 31.4. The van der Waals surface area contributed by atoms with Crippen molar-refractivity contribution in [2.75, 3.05) is 0 Å². The summed E-state index contributed by atoms with van der Waals surface area (Å²) in [6.45, 7) is 0. The van der Waals surface area contributed by atoms with Crippen LogP contribution in [0.25, 0.3) is 11.1 Å². The van der Waals surface area contributed by atoms with Crippen molar-refractivity contribution in [1.29, 1.82) is 0 Å². The van der Waals surface area contributed by atoms with Gasteiger partial charge < -0.3 is 15.5 Å². The van der Waals surface area contributed by atoms with Crippen molar-refractivity contribution < 1.29 is 13.6 Å². The topological polar surface area (TPSA) is 135 Å². The summed E-state index contributed by atoms with van der Waals surface area (Å²) in [7, 11) is -2.26. The number of rotatable bonds is 8. The van der Waals surface area contributed by atoms with Crippen LogP contribution in [0.5, 0.6) is 0 Å². The fraction of sp³-hybridized carbons (Fsp3) is 0.125. The number of nitrogens with one attached hydrogen (secondary N) is 1. The SMILES string of the molecule is Cn1cnnc1[C@H](Cc1cccc(C(N)=NO)c1)NS(=O)(=O)c1cccc(-c2ccc(Cl)cc2Cl)c1. The monoisotopic (exact) mass is 544 g/mol. The minimum Gasteiger partial charge on any atom is -0.409 e. The predicted octanol–water partition coefficient (Wildman–Crippen LogP) is 4.15. The number of halogens is 2. The first-order chi connectivity index (χ1) is 17.2. The number of oxime groups is 1. The van der Waals surface area contributed by atoms with Crippen LogP contribution < -0.4 is 10.5 Å². The number of benzene rings is 3. The molecule has 4 N–H and O–H groups in total. The molecule has 0 unspecified atom stereocenters. The quantitative estimate of drug-likeness (QED) is 0.132. The molecular weight excluding hydrogens is 523 g/mol. The van der Waals surface area contributed by atoms with Crippen LogP contribution in [0.2, 0.25) is 10.0 Å². The molecule has 0 bridgehead atoms. The Hall–Kier alpha value is -3.44. The van der Waals surface area contributed by atoms with Gasteiger partial charge in [0.25, 0.3) is 0 Å². The van der Waals surface area contributed by atoms with Crippen LogP contribution >= 0.6 is 23.2 Å². The van der Waals surface area contributed by atoms with Crippen molar-refractivity contribution in [2.45, 2.75) is 17.4 Å². The number of hydrogen-bond donors (Lipinski definition) is 3. The van der Waals surface area contributed by atoms with E-state index >= 15 is 0 Å². The fourth-order valence-electron chi connectivity index (χ4n) is 3.75. The molecule has 36 heavy (non-hydrogen) atoms. The normalized spacial score (nSPS) is 13.0. The Labute approximate surface area is 218 Å². The molecule has 1 atom stereocenters. The van der Waals surface area contributed by atoms with Crippen LogP contribution in [0.1, 0.15) is 23.0 Å². The van der Waals surface area contributed by atoms with Gasteiger partial charge in [-0.2, -0.15) is 0 Å². The molecule has 0 aliphatic rings. The zero-order valence-electron chi connectivity index (χ0n) is 19.0. The molecule has 1 aromatic heterocycles. The smallest absolute Gasteiger partial charge is 0.241 e. The van der Waals surface area contributed by atoms with E-state index in [-0.39, 0.29) is 17.2 Å². The summed E-state index contributed by atoms with van der Waals surface area (Å²) in [5.41, 5.74) is 8.25. The van der Waals surface area contributed by atoms with Gasteiger partial charge in [-0.05, 0) is 47.9 Å². The summed E-state index contributed by atoms with van der Waals surface area (Å²) in [5.74, 6) is 0.370. The van der Waals surface area contributed by atoms with Crippen molar-refractivity contribution >= 4 is 39.1 Å². The van der Waals surface area contributed by atoms with Crippen LogP contribution in [0.3, 0.4) is 0 Å². The van der Waals surface area contributed by atoms with Crippen molar-refractivity contribution in [1.82, 2.24) is 19.5 Å². The summed E-state index contributed by atoms with van der Waals surface area (Å²) in [6.07, 6.45) is 1.73. The lowest BCUT2D eigenvalue weighted by atomic mass is 10.0. The molecule has 0 aliphatic carbocycles. The van der Waals surface area contributed by atoms with Crippen LogP contribution in [0.15, 0.2) is 83.1 Å². The fourth-order valence-corrected chi connectivity index (χ4v) is 5.51. The highest BCUT2D eigenvalue weighted by atomic mass is 35.5. The number of aromatic nitrogens is 3. The van der Waals surface area contributed by atoms with Gasteiger partial charge >= 0.3 is 0 Å². The van der Waals surface area contributed by atoms with E-state index in [1.165, 1.54) is 12.4 Å². The average Bonchev–Trinajstić information content (AvgIpc) is 3.29. The number of sulfonamides is 1. The third-order valence-corrected chi connectivity index (χ3v) is 7.53. The predicted molar refractivity (Wildman–Crippen MR) is 139 cm³/mol. The third-order valence-electron chi connectivity index (χ3n) is 5.51. The molecule has 0 amide bonds. The van der Waals surface area contributed by atoms with Gasteiger partial charge in [0.15, 0.2) is 11.7 Å². The molecule has 1 heterocycles. The minimum atomic E-state index is -3.99. The van der Waals surface area contributed by atoms with Gasteiger partial charge in [0.2, 0.25) is 10.0 Å².